The lowest BCUT2D eigenvalue weighted by Gasteiger charge is -2.14. The van der Waals surface area contributed by atoms with Crippen molar-refractivity contribution < 1.29 is 14.7 Å². The van der Waals surface area contributed by atoms with Gasteiger partial charge in [0.1, 0.15) is 11.6 Å². The number of rotatable bonds is 7. The SMILES string of the molecule is CCc1c(C)nc(-c2ccc(C)s2)nc1Nc1ccc(CC(=NO)NC(=O)Oc2ccccc2)cc1. The first-order valence-electron chi connectivity index (χ1n) is 11.5. The number of hydrogen-bond acceptors (Lipinski definition) is 8. The Morgan fingerprint density at radius 2 is 1.78 bits per heavy atom. The van der Waals surface area contributed by atoms with Gasteiger partial charge in [-0.3, -0.25) is 5.32 Å². The summed E-state index contributed by atoms with van der Waals surface area (Å²) < 4.78 is 5.18. The van der Waals surface area contributed by atoms with E-state index < -0.39 is 6.09 Å². The number of nitrogens with zero attached hydrogens (tertiary/aromatic N) is 3. The molecule has 184 valence electrons. The van der Waals surface area contributed by atoms with Gasteiger partial charge >= 0.3 is 6.09 Å². The third-order valence-corrected chi connectivity index (χ3v) is 6.43. The summed E-state index contributed by atoms with van der Waals surface area (Å²) in [6.07, 6.45) is 0.294. The zero-order valence-corrected chi connectivity index (χ0v) is 21.1. The Balaban J connectivity index is 1.44. The van der Waals surface area contributed by atoms with Crippen molar-refractivity contribution in [3.05, 3.63) is 88.4 Å². The fraction of sp³-hybridized carbons (Fsp3) is 0.185. The average Bonchev–Trinajstić information content (AvgIpc) is 3.31. The molecule has 0 bridgehead atoms. The fourth-order valence-corrected chi connectivity index (χ4v) is 4.47. The van der Waals surface area contributed by atoms with E-state index in [0.29, 0.717) is 11.6 Å². The highest BCUT2D eigenvalue weighted by molar-refractivity contribution is 7.15. The van der Waals surface area contributed by atoms with Crippen LogP contribution in [0.5, 0.6) is 5.75 Å². The van der Waals surface area contributed by atoms with Crippen LogP contribution in [0.1, 0.15) is 28.6 Å². The third kappa shape index (κ3) is 6.25. The molecule has 36 heavy (non-hydrogen) atoms. The van der Waals surface area contributed by atoms with Gasteiger partial charge in [0.15, 0.2) is 11.7 Å². The Kier molecular flexibility index (Phi) is 7.92. The van der Waals surface area contributed by atoms with Crippen LogP contribution in [-0.4, -0.2) is 27.1 Å². The van der Waals surface area contributed by atoms with E-state index in [9.17, 15) is 10.0 Å². The minimum absolute atomic E-state index is 0.0761. The van der Waals surface area contributed by atoms with E-state index in [4.69, 9.17) is 14.7 Å². The van der Waals surface area contributed by atoms with Gasteiger partial charge in [-0.1, -0.05) is 42.4 Å². The highest BCUT2D eigenvalue weighted by atomic mass is 32.1. The van der Waals surface area contributed by atoms with Crippen molar-refractivity contribution in [2.24, 2.45) is 5.16 Å². The van der Waals surface area contributed by atoms with Gasteiger partial charge in [-0.15, -0.1) is 11.3 Å². The number of aryl methyl sites for hydroxylation is 2. The molecular formula is C27H27N5O3S. The number of carbonyl (C=O) groups excluding carboxylic acids is 1. The predicted octanol–water partition coefficient (Wildman–Crippen LogP) is 6.25. The van der Waals surface area contributed by atoms with E-state index >= 15 is 0 Å². The normalized spacial score (nSPS) is 11.2. The zero-order valence-electron chi connectivity index (χ0n) is 20.3. The molecule has 0 aliphatic carbocycles. The van der Waals surface area contributed by atoms with Crippen LogP contribution in [0.4, 0.5) is 16.3 Å². The van der Waals surface area contributed by atoms with Gasteiger partial charge in [0.2, 0.25) is 0 Å². The summed E-state index contributed by atoms with van der Waals surface area (Å²) in [5.74, 6) is 1.96. The number of ether oxygens (including phenoxy) is 1. The molecule has 2 aromatic carbocycles. The van der Waals surface area contributed by atoms with Gasteiger partial charge in [0.25, 0.3) is 0 Å². The largest absolute Gasteiger partial charge is 0.418 e. The smallest absolute Gasteiger partial charge is 0.410 e. The second kappa shape index (κ2) is 11.5. The van der Waals surface area contributed by atoms with E-state index in [1.165, 1.54) is 4.88 Å². The van der Waals surface area contributed by atoms with Crippen molar-refractivity contribution in [1.82, 2.24) is 15.3 Å². The zero-order chi connectivity index (χ0) is 25.5. The molecule has 4 aromatic rings. The molecule has 0 saturated carbocycles. The lowest BCUT2D eigenvalue weighted by Crippen LogP contribution is -2.34. The van der Waals surface area contributed by atoms with Crippen LogP contribution in [-0.2, 0) is 12.8 Å². The molecule has 2 aromatic heterocycles. The lowest BCUT2D eigenvalue weighted by molar-refractivity contribution is 0.205. The minimum atomic E-state index is -0.727. The van der Waals surface area contributed by atoms with Crippen LogP contribution in [0.15, 0.2) is 71.9 Å². The number of para-hydroxylation sites is 1. The van der Waals surface area contributed by atoms with Crippen LogP contribution in [0.25, 0.3) is 10.7 Å². The summed E-state index contributed by atoms with van der Waals surface area (Å²) in [5, 5.41) is 18.4. The fourth-order valence-electron chi connectivity index (χ4n) is 3.67. The van der Waals surface area contributed by atoms with E-state index in [1.807, 2.05) is 43.3 Å². The summed E-state index contributed by atoms with van der Waals surface area (Å²) >= 11 is 1.67. The number of amidine groups is 1. The predicted molar refractivity (Wildman–Crippen MR) is 142 cm³/mol. The summed E-state index contributed by atoms with van der Waals surface area (Å²) in [4.78, 5) is 23.9. The van der Waals surface area contributed by atoms with Crippen LogP contribution in [0.3, 0.4) is 0 Å². The standard InChI is InChI=1S/C27H27N5O3S/c1-4-22-18(3)28-26(23-15-10-17(2)36-23)31-25(22)29-20-13-11-19(12-14-20)16-24(32-34)30-27(33)35-21-8-6-5-7-9-21/h5-15,34H,4,16H2,1-3H3,(H,28,29,31)(H,30,32,33). The van der Waals surface area contributed by atoms with Gasteiger partial charge in [0, 0.05) is 28.2 Å². The Bertz CT molecular complexity index is 1370. The third-order valence-electron chi connectivity index (χ3n) is 5.44. The summed E-state index contributed by atoms with van der Waals surface area (Å²) in [6.45, 7) is 6.15. The number of anilines is 2. The topological polar surface area (TPSA) is 109 Å². The molecule has 0 unspecified atom stereocenters. The number of hydrogen-bond donors (Lipinski definition) is 3. The maximum absolute atomic E-state index is 12.1. The van der Waals surface area contributed by atoms with Gasteiger partial charge in [-0.25, -0.2) is 14.8 Å². The van der Waals surface area contributed by atoms with E-state index in [1.54, 1.807) is 35.6 Å². The first kappa shape index (κ1) is 24.9. The number of aromatic nitrogens is 2. The van der Waals surface area contributed by atoms with Crippen molar-refractivity contribution in [3.63, 3.8) is 0 Å². The Labute approximate surface area is 213 Å². The van der Waals surface area contributed by atoms with Gasteiger partial charge in [-0.05, 0) is 62.2 Å². The highest BCUT2D eigenvalue weighted by Gasteiger charge is 2.14. The molecule has 1 amide bonds. The van der Waals surface area contributed by atoms with Crippen molar-refractivity contribution in [2.45, 2.75) is 33.6 Å². The van der Waals surface area contributed by atoms with E-state index in [2.05, 4.69) is 35.7 Å². The molecular weight excluding hydrogens is 474 g/mol. The first-order chi connectivity index (χ1) is 17.4. The van der Waals surface area contributed by atoms with Gasteiger partial charge in [-0.2, -0.15) is 0 Å². The summed E-state index contributed by atoms with van der Waals surface area (Å²) in [5.41, 5.74) is 3.72. The number of amides is 1. The second-order valence-electron chi connectivity index (χ2n) is 8.10. The number of benzene rings is 2. The molecule has 0 spiro atoms. The van der Waals surface area contributed by atoms with Crippen molar-refractivity contribution >= 4 is 34.8 Å². The maximum Gasteiger partial charge on any atom is 0.418 e. The maximum atomic E-state index is 12.1. The van der Waals surface area contributed by atoms with Crippen LogP contribution < -0.4 is 15.4 Å². The molecule has 0 radical (unpaired) electrons. The first-order valence-corrected chi connectivity index (χ1v) is 12.3. The van der Waals surface area contributed by atoms with Crippen LogP contribution >= 0.6 is 11.3 Å². The van der Waals surface area contributed by atoms with E-state index in [0.717, 1.165) is 39.6 Å². The Morgan fingerprint density at radius 1 is 1.03 bits per heavy atom. The lowest BCUT2D eigenvalue weighted by atomic mass is 10.1. The number of carbonyl (C=O) groups is 1. The quantitative estimate of drug-likeness (QED) is 0.120. The van der Waals surface area contributed by atoms with Crippen molar-refractivity contribution in [2.75, 3.05) is 5.32 Å². The van der Waals surface area contributed by atoms with Gasteiger partial charge in [0.05, 0.1) is 4.88 Å². The minimum Gasteiger partial charge on any atom is -0.410 e. The van der Waals surface area contributed by atoms with Crippen LogP contribution in [0.2, 0.25) is 0 Å². The molecule has 0 atom stereocenters. The summed E-state index contributed by atoms with van der Waals surface area (Å²) in [7, 11) is 0. The molecule has 0 fully saturated rings. The Hall–Kier alpha value is -4.24. The molecule has 3 N–H and O–H groups in total. The molecule has 0 aliphatic rings. The van der Waals surface area contributed by atoms with Crippen molar-refractivity contribution in [1.29, 1.82) is 0 Å². The molecule has 4 rings (SSSR count). The number of thiophene rings is 1. The average molecular weight is 502 g/mol. The van der Waals surface area contributed by atoms with Gasteiger partial charge < -0.3 is 15.3 Å². The molecule has 8 nitrogen and oxygen atoms in total. The Morgan fingerprint density at radius 3 is 2.42 bits per heavy atom. The second-order valence-corrected chi connectivity index (χ2v) is 9.38. The molecule has 2 heterocycles. The van der Waals surface area contributed by atoms with Crippen LogP contribution in [0, 0.1) is 13.8 Å². The summed E-state index contributed by atoms with van der Waals surface area (Å²) in [6, 6.07) is 20.4. The molecule has 0 aliphatic heterocycles. The molecule has 9 heteroatoms. The van der Waals surface area contributed by atoms with E-state index in [-0.39, 0.29) is 12.3 Å². The van der Waals surface area contributed by atoms with Crippen molar-refractivity contribution in [3.8, 4) is 16.5 Å². The molecule has 0 saturated heterocycles. The highest BCUT2D eigenvalue weighted by Crippen LogP contribution is 2.29. The monoisotopic (exact) mass is 501 g/mol. The number of oxime groups is 1. The number of nitrogens with one attached hydrogen (secondary N) is 2.